The van der Waals surface area contributed by atoms with Gasteiger partial charge in [0, 0.05) is 6.20 Å². The molecule has 2 aliphatic heterocycles. The first-order chi connectivity index (χ1) is 12.3. The number of esters is 1. The van der Waals surface area contributed by atoms with Crippen molar-refractivity contribution in [2.45, 2.75) is 12.1 Å². The van der Waals surface area contributed by atoms with Crippen LogP contribution in [0.4, 0.5) is 5.69 Å². The fourth-order valence-electron chi connectivity index (χ4n) is 3.76. The average molecular weight is 331 g/mol. The van der Waals surface area contributed by atoms with Crippen LogP contribution in [0, 0.1) is 17.2 Å². The molecule has 0 bridgehead atoms. The predicted molar refractivity (Wildman–Crippen MR) is 93.9 cm³/mol. The van der Waals surface area contributed by atoms with Crippen molar-refractivity contribution >= 4 is 17.7 Å². The monoisotopic (exact) mass is 331 g/mol. The Bertz CT molecular complexity index is 872. The molecule has 1 saturated heterocycles. The van der Waals surface area contributed by atoms with Crippen molar-refractivity contribution in [3.05, 3.63) is 71.9 Å². The highest BCUT2D eigenvalue weighted by Gasteiger charge is 2.53. The van der Waals surface area contributed by atoms with Crippen LogP contribution in [-0.2, 0) is 9.53 Å². The van der Waals surface area contributed by atoms with Crippen molar-refractivity contribution in [1.82, 2.24) is 5.01 Å². The fourth-order valence-corrected chi connectivity index (χ4v) is 3.76. The molecule has 0 amide bonds. The number of anilines is 1. The number of hydrogen-bond donors (Lipinski definition) is 0. The number of benzene rings is 2. The summed E-state index contributed by atoms with van der Waals surface area (Å²) in [5, 5.41) is 13.7. The van der Waals surface area contributed by atoms with Crippen LogP contribution in [0.25, 0.3) is 6.08 Å². The van der Waals surface area contributed by atoms with Crippen molar-refractivity contribution in [3.63, 3.8) is 0 Å². The summed E-state index contributed by atoms with van der Waals surface area (Å²) < 4.78 is 5.05. The van der Waals surface area contributed by atoms with E-state index in [-0.39, 0.29) is 12.0 Å². The number of carbonyl (C=O) groups excluding carboxylic acids is 1. The van der Waals surface area contributed by atoms with E-state index in [2.05, 4.69) is 6.07 Å². The molecule has 0 saturated carbocycles. The number of hydrogen-bond acceptors (Lipinski definition) is 5. The summed E-state index contributed by atoms with van der Waals surface area (Å²) >= 11 is 0. The van der Waals surface area contributed by atoms with Crippen LogP contribution in [0.1, 0.15) is 17.2 Å². The molecule has 0 unspecified atom stereocenters. The summed E-state index contributed by atoms with van der Waals surface area (Å²) in [7, 11) is 1.37. The number of ether oxygens (including phenoxy) is 1. The molecule has 25 heavy (non-hydrogen) atoms. The van der Waals surface area contributed by atoms with Gasteiger partial charge in [0.2, 0.25) is 0 Å². The highest BCUT2D eigenvalue weighted by atomic mass is 16.5. The van der Waals surface area contributed by atoms with Crippen LogP contribution in [0.5, 0.6) is 0 Å². The number of methoxy groups -OCH3 is 1. The summed E-state index contributed by atoms with van der Waals surface area (Å²) in [6, 6.07) is 19.0. The fraction of sp³-hybridized carbons (Fsp3) is 0.200. The van der Waals surface area contributed by atoms with E-state index in [0.717, 1.165) is 16.8 Å². The Kier molecular flexibility index (Phi) is 3.66. The molecule has 4 rings (SSSR count). The zero-order valence-corrected chi connectivity index (χ0v) is 13.7. The van der Waals surface area contributed by atoms with Gasteiger partial charge in [-0.05, 0) is 29.3 Å². The molecule has 0 spiro atoms. The smallest absolute Gasteiger partial charge is 0.314 e. The van der Waals surface area contributed by atoms with Crippen LogP contribution >= 0.6 is 0 Å². The number of rotatable bonds is 2. The Morgan fingerprint density at radius 2 is 1.84 bits per heavy atom. The molecule has 5 nitrogen and oxygen atoms in total. The van der Waals surface area contributed by atoms with Gasteiger partial charge in [0.1, 0.15) is 5.92 Å². The van der Waals surface area contributed by atoms with Gasteiger partial charge in [0.25, 0.3) is 0 Å². The summed E-state index contributed by atoms with van der Waals surface area (Å²) in [4.78, 5) is 12.6. The molecule has 0 N–H and O–H groups in total. The minimum Gasteiger partial charge on any atom is -0.469 e. The minimum absolute atomic E-state index is 0.265. The molecule has 2 heterocycles. The maximum Gasteiger partial charge on any atom is 0.314 e. The Morgan fingerprint density at radius 3 is 2.56 bits per heavy atom. The van der Waals surface area contributed by atoms with Gasteiger partial charge in [-0.2, -0.15) is 5.26 Å². The SMILES string of the molecule is COC(=O)[C@H]1[C@H]2c3ccccc3C=CN2N(c2ccccc2)[C@H]1C#N. The standard InChI is InChI=1S/C20H17N3O2/c1-25-20(24)18-17(13-21)23(15-8-3-2-4-9-15)22-12-11-14-7-5-6-10-16(14)19(18)22/h2-12,17-19H,1H3/t17-,18+,19+/m0/s1. The van der Waals surface area contributed by atoms with E-state index in [4.69, 9.17) is 4.74 Å². The second-order valence-electron chi connectivity index (χ2n) is 6.07. The molecule has 5 heteroatoms. The zero-order chi connectivity index (χ0) is 17.4. The van der Waals surface area contributed by atoms with E-state index in [1.54, 1.807) is 0 Å². The molecule has 0 aliphatic carbocycles. The first-order valence-corrected chi connectivity index (χ1v) is 8.13. The topological polar surface area (TPSA) is 56.6 Å². The first-order valence-electron chi connectivity index (χ1n) is 8.13. The van der Waals surface area contributed by atoms with E-state index in [1.165, 1.54) is 7.11 Å². The van der Waals surface area contributed by atoms with Gasteiger partial charge >= 0.3 is 5.97 Å². The molecule has 0 radical (unpaired) electrons. The van der Waals surface area contributed by atoms with Gasteiger partial charge in [0.15, 0.2) is 6.04 Å². The Morgan fingerprint density at radius 1 is 1.12 bits per heavy atom. The Balaban J connectivity index is 1.89. The van der Waals surface area contributed by atoms with Crippen molar-refractivity contribution in [2.75, 3.05) is 12.1 Å². The zero-order valence-electron chi connectivity index (χ0n) is 13.7. The van der Waals surface area contributed by atoms with E-state index in [1.807, 2.05) is 76.9 Å². The van der Waals surface area contributed by atoms with E-state index in [9.17, 15) is 10.1 Å². The molecule has 2 aliphatic rings. The lowest BCUT2D eigenvalue weighted by atomic mass is 9.86. The number of hydrazine groups is 1. The van der Waals surface area contributed by atoms with Crippen molar-refractivity contribution in [3.8, 4) is 6.07 Å². The van der Waals surface area contributed by atoms with Crippen molar-refractivity contribution in [2.24, 2.45) is 5.92 Å². The predicted octanol–water partition coefficient (Wildman–Crippen LogP) is 3.13. The molecular formula is C20H17N3O2. The third-order valence-electron chi connectivity index (χ3n) is 4.83. The summed E-state index contributed by atoms with van der Waals surface area (Å²) in [5.41, 5.74) is 2.96. The average Bonchev–Trinajstić information content (AvgIpc) is 3.02. The quantitative estimate of drug-likeness (QED) is 0.791. The normalized spacial score (nSPS) is 23.6. The minimum atomic E-state index is -0.643. The molecule has 1 fully saturated rings. The van der Waals surface area contributed by atoms with Gasteiger partial charge in [0.05, 0.1) is 24.9 Å². The molecule has 0 aromatic heterocycles. The number of nitriles is 1. The van der Waals surface area contributed by atoms with Crippen molar-refractivity contribution in [1.29, 1.82) is 5.26 Å². The van der Waals surface area contributed by atoms with Crippen LogP contribution in [0.2, 0.25) is 0 Å². The summed E-state index contributed by atoms with van der Waals surface area (Å²) in [6.07, 6.45) is 3.95. The molecule has 2 aromatic rings. The lowest BCUT2D eigenvalue weighted by Gasteiger charge is -2.36. The second-order valence-corrected chi connectivity index (χ2v) is 6.07. The van der Waals surface area contributed by atoms with Gasteiger partial charge in [-0.15, -0.1) is 0 Å². The Hall–Kier alpha value is -3.26. The van der Waals surface area contributed by atoms with E-state index >= 15 is 0 Å². The van der Waals surface area contributed by atoms with Crippen LogP contribution < -0.4 is 5.01 Å². The van der Waals surface area contributed by atoms with Gasteiger partial charge in [-0.25, -0.2) is 0 Å². The van der Waals surface area contributed by atoms with Gasteiger partial charge in [-0.3, -0.25) is 14.8 Å². The van der Waals surface area contributed by atoms with E-state index in [0.29, 0.717) is 0 Å². The lowest BCUT2D eigenvalue weighted by Crippen LogP contribution is -2.39. The lowest BCUT2D eigenvalue weighted by molar-refractivity contribution is -0.146. The maximum absolute atomic E-state index is 12.6. The Labute approximate surface area is 146 Å². The number of nitrogens with zero attached hydrogens (tertiary/aromatic N) is 3. The third kappa shape index (κ3) is 2.26. The molecule has 2 aromatic carbocycles. The maximum atomic E-state index is 12.6. The van der Waals surface area contributed by atoms with Gasteiger partial charge < -0.3 is 4.74 Å². The summed E-state index contributed by atoms with van der Waals surface area (Å²) in [5.74, 6) is -0.966. The van der Waals surface area contributed by atoms with Gasteiger partial charge in [-0.1, -0.05) is 42.5 Å². The number of fused-ring (bicyclic) bond motifs is 3. The number of carbonyl (C=O) groups is 1. The summed E-state index contributed by atoms with van der Waals surface area (Å²) in [6.45, 7) is 0. The highest BCUT2D eigenvalue weighted by molar-refractivity contribution is 5.78. The van der Waals surface area contributed by atoms with Crippen LogP contribution in [-0.4, -0.2) is 24.1 Å². The largest absolute Gasteiger partial charge is 0.469 e. The molecule has 124 valence electrons. The highest BCUT2D eigenvalue weighted by Crippen LogP contribution is 2.47. The van der Waals surface area contributed by atoms with Crippen LogP contribution in [0.15, 0.2) is 60.8 Å². The van der Waals surface area contributed by atoms with Crippen molar-refractivity contribution < 1.29 is 9.53 Å². The molecular weight excluding hydrogens is 314 g/mol. The number of para-hydroxylation sites is 1. The third-order valence-corrected chi connectivity index (χ3v) is 4.83. The van der Waals surface area contributed by atoms with E-state index < -0.39 is 12.0 Å². The van der Waals surface area contributed by atoms with Crippen LogP contribution in [0.3, 0.4) is 0 Å². The molecule has 3 atom stereocenters. The second kappa shape index (κ2) is 5.99. The first kappa shape index (κ1) is 15.3.